The smallest absolute Gasteiger partial charge is 0.410 e. The van der Waals surface area contributed by atoms with E-state index in [0.29, 0.717) is 55.7 Å². The Balaban J connectivity index is 0.00000115. The molecule has 5 rings (SSSR count). The number of nitrogens with zero attached hydrogens (tertiary/aromatic N) is 6. The molecular weight excluding hydrogens is 1330 g/mol. The Labute approximate surface area is 585 Å². The third-order valence-electron chi connectivity index (χ3n) is 14.4. The van der Waals surface area contributed by atoms with Gasteiger partial charge in [0, 0.05) is 85.2 Å². The summed E-state index contributed by atoms with van der Waals surface area (Å²) in [5.41, 5.74) is 0.725. The molecule has 26 nitrogen and oxygen atoms in total. The number of aryl methyl sites for hydroxylation is 3. The fraction of sp³-hybridized carbons (Fsp3) is 0.836. The normalized spacial score (nSPS) is 16.7. The number of sulfonamides is 4. The third-order valence-corrected chi connectivity index (χ3v) is 20.4. The van der Waals surface area contributed by atoms with Crippen molar-refractivity contribution in [3.8, 4) is 0 Å². The lowest BCUT2D eigenvalue weighted by Gasteiger charge is -2.39. The number of amides is 2. The molecule has 2 amide bonds. The molecule has 8 N–H and O–H groups in total. The molecule has 0 radical (unpaired) electrons. The van der Waals surface area contributed by atoms with E-state index in [1.165, 1.54) is 13.1 Å². The average molecular weight is 1460 g/mol. The zero-order valence-electron chi connectivity index (χ0n) is 64.0. The van der Waals surface area contributed by atoms with Crippen molar-refractivity contribution in [3.63, 3.8) is 0 Å². The predicted molar refractivity (Wildman–Crippen MR) is 385 cm³/mol. The van der Waals surface area contributed by atoms with E-state index >= 15 is 0 Å². The van der Waals surface area contributed by atoms with Gasteiger partial charge in [-0.3, -0.25) is 4.79 Å². The second kappa shape index (κ2) is 38.4. The number of allylic oxidation sites excluding steroid dienone is 1. The fourth-order valence-corrected chi connectivity index (χ4v) is 14.2. The summed E-state index contributed by atoms with van der Waals surface area (Å²) in [5.74, 6) is 1.76. The van der Waals surface area contributed by atoms with E-state index in [-0.39, 0.29) is 91.3 Å². The first-order chi connectivity index (χ1) is 43.4. The van der Waals surface area contributed by atoms with E-state index in [4.69, 9.17) is 9.15 Å². The minimum atomic E-state index is -3.71. The Morgan fingerprint density at radius 1 is 0.608 bits per heavy atom. The number of piperidine rings is 1. The monoisotopic (exact) mass is 1460 g/mol. The van der Waals surface area contributed by atoms with Crippen molar-refractivity contribution in [2.24, 2.45) is 50.4 Å². The van der Waals surface area contributed by atoms with Crippen LogP contribution in [0.4, 0.5) is 4.79 Å². The van der Waals surface area contributed by atoms with Crippen LogP contribution in [0.1, 0.15) is 228 Å². The number of likely N-dealkylation sites (tertiary alicyclic amines) is 1. The van der Waals surface area contributed by atoms with Gasteiger partial charge in [-0.1, -0.05) is 125 Å². The van der Waals surface area contributed by atoms with Gasteiger partial charge in [-0.05, 0) is 137 Å². The van der Waals surface area contributed by atoms with E-state index in [1.807, 2.05) is 109 Å². The summed E-state index contributed by atoms with van der Waals surface area (Å²) in [6, 6.07) is 0. The Bertz CT molecular complexity index is 3230. The molecule has 1 saturated heterocycles. The summed E-state index contributed by atoms with van der Waals surface area (Å²) >= 11 is 0. The van der Waals surface area contributed by atoms with Crippen LogP contribution in [0.5, 0.6) is 0 Å². The van der Waals surface area contributed by atoms with Gasteiger partial charge in [0.05, 0.1) is 29.7 Å². The predicted octanol–water partition coefficient (Wildman–Crippen LogP) is 9.33. The van der Waals surface area contributed by atoms with Crippen molar-refractivity contribution < 1.29 is 72.8 Å². The van der Waals surface area contributed by atoms with Crippen LogP contribution >= 0.6 is 0 Å². The number of aliphatic imine (C=N–C) groups is 1. The molecule has 3 aliphatic rings. The number of ether oxygens (including phenoxy) is 1. The largest absolute Gasteiger partial charge is 0.447 e. The van der Waals surface area contributed by atoms with Crippen LogP contribution in [0, 0.1) is 52.3 Å². The first kappa shape index (κ1) is 93.0. The summed E-state index contributed by atoms with van der Waals surface area (Å²) in [6.07, 6.45) is 8.27. The molecule has 1 aliphatic carbocycles. The zero-order chi connectivity index (χ0) is 76.1. The number of oxazole rings is 1. The van der Waals surface area contributed by atoms with E-state index < -0.39 is 70.1 Å². The van der Waals surface area contributed by atoms with Gasteiger partial charge in [-0.2, -0.15) is 0 Å². The summed E-state index contributed by atoms with van der Waals surface area (Å²) in [4.78, 5) is 38.0. The topological polar surface area (TPSA) is 372 Å². The van der Waals surface area contributed by atoms with Crippen LogP contribution in [0.3, 0.4) is 0 Å². The second-order valence-corrected chi connectivity index (χ2v) is 41.2. The van der Waals surface area contributed by atoms with Gasteiger partial charge in [-0.15, -0.1) is 0 Å². The summed E-state index contributed by atoms with van der Waals surface area (Å²) < 4.78 is 116. The molecule has 2 fully saturated rings. The number of carbonyl (C=O) groups is 2. The van der Waals surface area contributed by atoms with Crippen LogP contribution in [0.15, 0.2) is 43.2 Å². The summed E-state index contributed by atoms with van der Waals surface area (Å²) in [7, 11) is -8.79. The van der Waals surface area contributed by atoms with Crippen LogP contribution < -0.4 is 18.9 Å². The van der Waals surface area contributed by atoms with Crippen LogP contribution in [0.25, 0.3) is 0 Å². The van der Waals surface area contributed by atoms with Crippen LogP contribution in [-0.2, 0) is 56.7 Å². The van der Waals surface area contributed by atoms with Gasteiger partial charge in [0.1, 0.15) is 17.2 Å². The lowest BCUT2D eigenvalue weighted by molar-refractivity contribution is -0.130. The number of aromatic nitrogens is 3. The molecule has 4 unspecified atom stereocenters. The number of hydrogen-bond donors (Lipinski definition) is 8. The number of aliphatic hydroxyl groups is 4. The molecule has 97 heavy (non-hydrogen) atoms. The first-order valence-electron chi connectivity index (χ1n) is 33.4. The van der Waals surface area contributed by atoms with E-state index in [2.05, 4.69) is 75.4 Å². The molecule has 2 aromatic rings. The van der Waals surface area contributed by atoms with Gasteiger partial charge >= 0.3 is 6.09 Å². The van der Waals surface area contributed by atoms with Crippen molar-refractivity contribution in [1.82, 2.24) is 43.2 Å². The number of aliphatic hydroxyl groups excluding tert-OH is 4. The molecular formula is C67H130N10O16S4. The average Bonchev–Trinajstić information content (AvgIpc) is 1.76. The SMILES string of the molecule is CC(C)(C)CC(O)CNS(=O)(=O)C1CC1.CC(C)(C)OC(=O)N1CCC(C(C)(C)C)CC1.CC1=NC(S(=O)(=O)NCC(O)CC(C)(C)C)=CC1.CN(C)C(=O)CC(C)(C)C.Cc1nc(S(=O)(=O)NCC(O)CC(C)(C)C)cn1C.Cc1ocnc1S(=O)(=O)NCC(O)CC(C)(C)C. The van der Waals surface area contributed by atoms with Crippen molar-refractivity contribution in [3.05, 3.63) is 35.3 Å². The van der Waals surface area contributed by atoms with E-state index in [9.17, 15) is 63.7 Å². The first-order valence-corrected chi connectivity index (χ1v) is 39.4. The highest BCUT2D eigenvalue weighted by Crippen LogP contribution is 2.35. The third kappa shape index (κ3) is 42.8. The van der Waals surface area contributed by atoms with Crippen molar-refractivity contribution in [2.45, 2.75) is 276 Å². The summed E-state index contributed by atoms with van der Waals surface area (Å²) in [6.45, 7) is 49.5. The highest BCUT2D eigenvalue weighted by atomic mass is 32.2. The maximum absolute atomic E-state index is 12.0. The van der Waals surface area contributed by atoms with Gasteiger partial charge in [0.15, 0.2) is 16.4 Å². The molecule has 4 heterocycles. The molecule has 2 aromatic heterocycles. The zero-order valence-corrected chi connectivity index (χ0v) is 67.3. The Morgan fingerprint density at radius 3 is 1.31 bits per heavy atom. The van der Waals surface area contributed by atoms with E-state index in [1.54, 1.807) is 50.5 Å². The number of rotatable bonds is 21. The molecule has 2 aliphatic heterocycles. The highest BCUT2D eigenvalue weighted by Gasteiger charge is 2.36. The molecule has 1 saturated carbocycles. The van der Waals surface area contributed by atoms with Gasteiger partial charge < -0.3 is 43.9 Å². The van der Waals surface area contributed by atoms with Crippen LogP contribution in [-0.4, -0.2) is 185 Å². The van der Waals surface area contributed by atoms with E-state index in [0.717, 1.165) is 50.9 Å². The number of nitrogens with one attached hydrogen (secondary N) is 4. The summed E-state index contributed by atoms with van der Waals surface area (Å²) in [5, 5.41) is 38.6. The molecule has 4 atom stereocenters. The lowest BCUT2D eigenvalue weighted by Crippen LogP contribution is -2.43. The van der Waals surface area contributed by atoms with Crippen molar-refractivity contribution in [2.75, 3.05) is 53.4 Å². The molecule has 30 heteroatoms. The van der Waals surface area contributed by atoms with Crippen molar-refractivity contribution >= 4 is 57.8 Å². The number of carbonyl (C=O) groups excluding carboxylic acids is 2. The van der Waals surface area contributed by atoms with Gasteiger partial charge in [-0.25, -0.2) is 72.3 Å². The minimum Gasteiger partial charge on any atom is -0.447 e. The molecule has 568 valence electrons. The Kier molecular flexibility index (Phi) is 36.8. The quantitative estimate of drug-likeness (QED) is 0.0577. The van der Waals surface area contributed by atoms with Crippen LogP contribution in [0.2, 0.25) is 0 Å². The maximum Gasteiger partial charge on any atom is 0.410 e. The van der Waals surface area contributed by atoms with Crippen molar-refractivity contribution in [1.29, 1.82) is 0 Å². The highest BCUT2D eigenvalue weighted by molar-refractivity contribution is 7.93. The van der Waals surface area contributed by atoms with Gasteiger partial charge in [0.25, 0.3) is 30.1 Å². The fourth-order valence-electron chi connectivity index (χ4n) is 9.42. The number of hydrogen-bond acceptors (Lipinski definition) is 19. The van der Waals surface area contributed by atoms with Gasteiger partial charge in [0.2, 0.25) is 21.0 Å². The molecule has 0 spiro atoms. The molecule has 0 bridgehead atoms. The Hall–Kier alpha value is -3.95. The lowest BCUT2D eigenvalue weighted by atomic mass is 9.75. The minimum absolute atomic E-state index is 0.00474. The Morgan fingerprint density at radius 2 is 1.01 bits per heavy atom. The number of imidazole rings is 1. The maximum atomic E-state index is 12.0. The standard InChI is InChI=1S/C14H27NO2.C12H23N3O3S.C12H22N2O3S.C11H20N2O4S.C10H21NO3S.C8H17NO/c1-13(2,3)11-7-9-15(10-8-11)12(16)17-14(4,5)6;1-9-14-11(8-15(9)5)19(17,18)13-7-10(16)6-12(2,3)4;1-9-5-6-11(14-9)18(16,17)13-8-10(15)7-12(2,3)4;1-8-10(12-7-17-8)18(15,16)13-6-9(14)5-11(2,3)4;1-10(2,3)6-8(12)7-11-15(13,14)9-4-5-9;1-8(2,3)6-7(10)9(4)5/h11H,7-10H2,1-6H3;8,10,13,16H,6-7H2,1-5H3;6,10,13,15H,5,7-8H2,1-4H3;7,9,13-14H,5-6H2,1-4H3;8-9,11-12H,4-7H2,1-3H3;6H2,1-5H3. The molecule has 0 aromatic carbocycles. The second-order valence-electron chi connectivity index (χ2n) is 34.0.